The Kier molecular flexibility index (Phi) is 6.42. The second kappa shape index (κ2) is 9.39. The van der Waals surface area contributed by atoms with Gasteiger partial charge in [-0.05, 0) is 62.2 Å². The molecule has 0 saturated carbocycles. The Hall–Kier alpha value is -3.06. The number of methoxy groups -OCH3 is 1. The number of aryl methyl sites for hydroxylation is 1. The zero-order valence-corrected chi connectivity index (χ0v) is 18.8. The summed E-state index contributed by atoms with van der Waals surface area (Å²) in [5.41, 5.74) is 2.69. The molecular weight excluding hydrogens is 412 g/mol. The van der Waals surface area contributed by atoms with E-state index in [1.807, 2.05) is 66.6 Å². The molecule has 0 spiro atoms. The van der Waals surface area contributed by atoms with Gasteiger partial charge in [0.25, 0.3) is 5.91 Å². The second-order valence-corrected chi connectivity index (χ2v) is 8.38. The first-order valence-electron chi connectivity index (χ1n) is 10.4. The van der Waals surface area contributed by atoms with Gasteiger partial charge in [0.2, 0.25) is 0 Å². The van der Waals surface area contributed by atoms with Crippen LogP contribution in [0.15, 0.2) is 47.8 Å². The normalized spacial score (nSPS) is 15.4. The molecule has 0 N–H and O–H groups in total. The Bertz CT molecular complexity index is 1050. The van der Waals surface area contributed by atoms with Crippen molar-refractivity contribution in [3.05, 3.63) is 52.9 Å². The van der Waals surface area contributed by atoms with Crippen molar-refractivity contribution in [3.63, 3.8) is 0 Å². The van der Waals surface area contributed by atoms with Crippen LogP contribution in [0.5, 0.6) is 17.2 Å². The van der Waals surface area contributed by atoms with Gasteiger partial charge in [-0.25, -0.2) is 4.98 Å². The number of anilines is 1. The van der Waals surface area contributed by atoms with Crippen molar-refractivity contribution in [2.45, 2.75) is 32.8 Å². The number of aromatic nitrogens is 1. The van der Waals surface area contributed by atoms with Crippen LogP contribution in [0.4, 0.5) is 5.69 Å². The highest BCUT2D eigenvalue weighted by atomic mass is 32.1. The molecule has 1 atom stereocenters. The molecule has 0 radical (unpaired) electrons. The molecule has 1 aliphatic heterocycles. The van der Waals surface area contributed by atoms with Gasteiger partial charge in [0.05, 0.1) is 30.1 Å². The summed E-state index contributed by atoms with van der Waals surface area (Å²) in [6.07, 6.45) is 0.875. The van der Waals surface area contributed by atoms with Crippen molar-refractivity contribution in [1.29, 1.82) is 0 Å². The Morgan fingerprint density at radius 2 is 1.94 bits per heavy atom. The van der Waals surface area contributed by atoms with E-state index in [1.54, 1.807) is 18.4 Å². The topological polar surface area (TPSA) is 60.9 Å². The van der Waals surface area contributed by atoms with Gasteiger partial charge in [0.1, 0.15) is 17.2 Å². The van der Waals surface area contributed by atoms with Crippen molar-refractivity contribution in [3.8, 4) is 28.5 Å². The fourth-order valence-electron chi connectivity index (χ4n) is 3.55. The van der Waals surface area contributed by atoms with Crippen molar-refractivity contribution in [1.82, 2.24) is 4.98 Å². The predicted molar refractivity (Wildman–Crippen MR) is 122 cm³/mol. The van der Waals surface area contributed by atoms with E-state index >= 15 is 0 Å². The molecule has 2 heterocycles. The number of benzene rings is 2. The summed E-state index contributed by atoms with van der Waals surface area (Å²) in [6, 6.07) is 13.4. The monoisotopic (exact) mass is 438 g/mol. The van der Waals surface area contributed by atoms with Gasteiger partial charge >= 0.3 is 0 Å². The number of nitrogens with zero attached hydrogens (tertiary/aromatic N) is 2. The van der Waals surface area contributed by atoms with Gasteiger partial charge in [-0.1, -0.05) is 6.92 Å². The zero-order valence-electron chi connectivity index (χ0n) is 18.0. The SMILES string of the molecule is CCC1Oc2ccc(-c3csc(C)n3)cc2N(CCCOc2ccc(OC)cc2)C1=O. The van der Waals surface area contributed by atoms with Crippen LogP contribution in [-0.2, 0) is 4.79 Å². The van der Waals surface area contributed by atoms with Crippen LogP contribution in [0.3, 0.4) is 0 Å². The van der Waals surface area contributed by atoms with Gasteiger partial charge in [-0.2, -0.15) is 0 Å². The highest BCUT2D eigenvalue weighted by Gasteiger charge is 2.33. The molecule has 0 saturated heterocycles. The lowest BCUT2D eigenvalue weighted by atomic mass is 10.1. The summed E-state index contributed by atoms with van der Waals surface area (Å²) in [6.45, 7) is 5.01. The highest BCUT2D eigenvalue weighted by Crippen LogP contribution is 2.38. The summed E-state index contributed by atoms with van der Waals surface area (Å²) in [5.74, 6) is 2.30. The molecule has 7 heteroatoms. The van der Waals surface area contributed by atoms with Crippen LogP contribution >= 0.6 is 11.3 Å². The summed E-state index contributed by atoms with van der Waals surface area (Å²) in [5, 5.41) is 3.04. The Morgan fingerprint density at radius 1 is 1.16 bits per heavy atom. The van der Waals surface area contributed by atoms with Crippen molar-refractivity contribution in [2.75, 3.05) is 25.2 Å². The van der Waals surface area contributed by atoms with Gasteiger partial charge in [-0.15, -0.1) is 11.3 Å². The summed E-state index contributed by atoms with van der Waals surface area (Å²) < 4.78 is 17.0. The number of thiazole rings is 1. The number of ether oxygens (including phenoxy) is 3. The molecule has 4 rings (SSSR count). The van der Waals surface area contributed by atoms with Crippen molar-refractivity contribution < 1.29 is 19.0 Å². The third-order valence-corrected chi connectivity index (χ3v) is 5.97. The van der Waals surface area contributed by atoms with E-state index in [0.29, 0.717) is 26.0 Å². The van der Waals surface area contributed by atoms with Gasteiger partial charge in [0.15, 0.2) is 6.10 Å². The van der Waals surface area contributed by atoms with Gasteiger partial charge in [0, 0.05) is 17.5 Å². The number of hydrogen-bond donors (Lipinski definition) is 0. The number of amides is 1. The van der Waals surface area contributed by atoms with Crippen LogP contribution in [0.1, 0.15) is 24.8 Å². The molecule has 0 aliphatic carbocycles. The number of fused-ring (bicyclic) bond motifs is 1. The molecule has 6 nitrogen and oxygen atoms in total. The molecule has 3 aromatic rings. The number of carbonyl (C=O) groups excluding carboxylic acids is 1. The first kappa shape index (κ1) is 21.2. The van der Waals surface area contributed by atoms with E-state index in [1.165, 1.54) is 0 Å². The summed E-state index contributed by atoms with van der Waals surface area (Å²) in [7, 11) is 1.64. The van der Waals surface area contributed by atoms with Crippen molar-refractivity contribution in [2.24, 2.45) is 0 Å². The molecule has 1 aromatic heterocycles. The minimum Gasteiger partial charge on any atom is -0.497 e. The van der Waals surface area contributed by atoms with E-state index in [2.05, 4.69) is 4.98 Å². The van der Waals surface area contributed by atoms with Crippen LogP contribution < -0.4 is 19.1 Å². The predicted octanol–water partition coefficient (Wildman–Crippen LogP) is 5.10. The average Bonchev–Trinajstić information content (AvgIpc) is 3.24. The molecule has 162 valence electrons. The maximum atomic E-state index is 13.0. The quantitative estimate of drug-likeness (QED) is 0.458. The van der Waals surface area contributed by atoms with Gasteiger partial charge < -0.3 is 19.1 Å². The molecular formula is C24H26N2O4S. The molecule has 0 bridgehead atoms. The van der Waals surface area contributed by atoms with Crippen molar-refractivity contribution >= 4 is 22.9 Å². The first-order valence-corrected chi connectivity index (χ1v) is 11.3. The van der Waals surface area contributed by atoms with Crippen LogP contribution in [0, 0.1) is 6.92 Å². The largest absolute Gasteiger partial charge is 0.497 e. The van der Waals surface area contributed by atoms with Crippen LogP contribution in [0.2, 0.25) is 0 Å². The molecule has 1 unspecified atom stereocenters. The maximum absolute atomic E-state index is 13.0. The molecule has 2 aromatic carbocycles. The third kappa shape index (κ3) is 4.66. The average molecular weight is 439 g/mol. The lowest BCUT2D eigenvalue weighted by Crippen LogP contribution is -2.46. The third-order valence-electron chi connectivity index (χ3n) is 5.20. The minimum atomic E-state index is -0.456. The number of carbonyl (C=O) groups is 1. The highest BCUT2D eigenvalue weighted by molar-refractivity contribution is 7.09. The maximum Gasteiger partial charge on any atom is 0.268 e. The van der Waals surface area contributed by atoms with E-state index < -0.39 is 6.10 Å². The molecule has 0 fully saturated rings. The lowest BCUT2D eigenvalue weighted by molar-refractivity contribution is -0.126. The molecule has 1 amide bonds. The zero-order chi connectivity index (χ0) is 21.8. The summed E-state index contributed by atoms with van der Waals surface area (Å²) in [4.78, 5) is 19.4. The lowest BCUT2D eigenvalue weighted by Gasteiger charge is -2.34. The summed E-state index contributed by atoms with van der Waals surface area (Å²) >= 11 is 1.61. The standard InChI is InChI=1S/C24H26N2O4S/c1-4-22-24(27)26(12-5-13-29-19-9-7-18(28-3)8-10-19)21-14-17(6-11-23(21)30-22)20-15-31-16(2)25-20/h6-11,14-15,22H,4-5,12-13H2,1-3H3. The van der Waals surface area contributed by atoms with Crippen LogP contribution in [-0.4, -0.2) is 37.3 Å². The van der Waals surface area contributed by atoms with E-state index in [-0.39, 0.29) is 5.91 Å². The number of hydrogen-bond acceptors (Lipinski definition) is 6. The Balaban J connectivity index is 1.48. The first-order chi connectivity index (χ1) is 15.1. The van der Waals surface area contributed by atoms with Crippen LogP contribution in [0.25, 0.3) is 11.3 Å². The fourth-order valence-corrected chi connectivity index (χ4v) is 4.17. The molecule has 31 heavy (non-hydrogen) atoms. The molecule has 1 aliphatic rings. The number of rotatable bonds is 8. The Labute approximate surface area is 186 Å². The minimum absolute atomic E-state index is 0.00828. The smallest absolute Gasteiger partial charge is 0.268 e. The van der Waals surface area contributed by atoms with Gasteiger partial charge in [-0.3, -0.25) is 4.79 Å². The second-order valence-electron chi connectivity index (χ2n) is 7.32. The Morgan fingerprint density at radius 3 is 2.61 bits per heavy atom. The van der Waals surface area contributed by atoms with E-state index in [4.69, 9.17) is 14.2 Å². The van der Waals surface area contributed by atoms with E-state index in [0.717, 1.165) is 39.2 Å². The fraction of sp³-hybridized carbons (Fsp3) is 0.333. The van der Waals surface area contributed by atoms with E-state index in [9.17, 15) is 4.79 Å².